The first-order valence-corrected chi connectivity index (χ1v) is 4.60. The Bertz CT molecular complexity index is 492. The normalized spacial score (nSPS) is 10.6. The Labute approximate surface area is 85.4 Å². The molecule has 3 N–H and O–H groups in total. The second-order valence-corrected chi connectivity index (χ2v) is 3.14. The number of anilines is 1. The van der Waals surface area contributed by atoms with E-state index < -0.39 is 0 Å². The minimum atomic E-state index is 0.316. The van der Waals surface area contributed by atoms with Gasteiger partial charge in [-0.05, 0) is 19.1 Å². The largest absolute Gasteiger partial charge is 0.368 e. The van der Waals surface area contributed by atoms with Crippen LogP contribution in [0, 0.1) is 4.77 Å². The van der Waals surface area contributed by atoms with Crippen LogP contribution in [0.3, 0.4) is 0 Å². The number of hydrogen-bond acceptors (Lipinski definition) is 4. The van der Waals surface area contributed by atoms with Gasteiger partial charge in [0, 0.05) is 18.8 Å². The minimum absolute atomic E-state index is 0.316. The van der Waals surface area contributed by atoms with Gasteiger partial charge in [0.25, 0.3) is 0 Å². The van der Waals surface area contributed by atoms with Crippen LogP contribution < -0.4 is 5.73 Å². The molecule has 14 heavy (non-hydrogen) atoms. The monoisotopic (exact) mass is 210 g/mol. The molecule has 0 spiro atoms. The van der Waals surface area contributed by atoms with Crippen molar-refractivity contribution in [3.63, 3.8) is 0 Å². The van der Waals surface area contributed by atoms with E-state index in [1.807, 2.05) is 19.2 Å². The molecular formula is C7H10N6S. The molecule has 6 nitrogen and oxygen atoms in total. The van der Waals surface area contributed by atoms with Crippen LogP contribution in [-0.2, 0) is 6.54 Å². The molecule has 0 aromatic carbocycles. The van der Waals surface area contributed by atoms with Gasteiger partial charge in [0.2, 0.25) is 10.7 Å². The van der Waals surface area contributed by atoms with Gasteiger partial charge in [-0.1, -0.05) is 0 Å². The van der Waals surface area contributed by atoms with Gasteiger partial charge in [-0.3, -0.25) is 4.68 Å². The number of nitrogen functional groups attached to an aromatic ring is 1. The number of hydrogen-bond donors (Lipinski definition) is 2. The summed E-state index contributed by atoms with van der Waals surface area (Å²) in [6, 6.07) is 1.84. The van der Waals surface area contributed by atoms with Gasteiger partial charge in [0.05, 0.1) is 0 Å². The van der Waals surface area contributed by atoms with Crippen LogP contribution in [0.25, 0.3) is 5.82 Å². The molecule has 74 valence electrons. The number of nitrogens with two attached hydrogens (primary N) is 1. The predicted molar refractivity (Wildman–Crippen MR) is 54.6 cm³/mol. The zero-order valence-electron chi connectivity index (χ0n) is 7.64. The lowest BCUT2D eigenvalue weighted by Gasteiger charge is -1.97. The van der Waals surface area contributed by atoms with E-state index in [2.05, 4.69) is 15.3 Å². The molecule has 7 heteroatoms. The van der Waals surface area contributed by atoms with Gasteiger partial charge in [-0.2, -0.15) is 5.10 Å². The second kappa shape index (κ2) is 3.26. The van der Waals surface area contributed by atoms with Crippen molar-refractivity contribution in [3.8, 4) is 5.82 Å². The van der Waals surface area contributed by atoms with Crippen LogP contribution in [0.15, 0.2) is 12.3 Å². The number of aryl methyl sites for hydroxylation is 1. The lowest BCUT2D eigenvalue weighted by atomic mass is 10.6. The highest BCUT2D eigenvalue weighted by molar-refractivity contribution is 7.71. The standard InChI is InChI=1S/C7H10N6S/c1-2-12-4-3-5(11-12)13-6(8)9-10-7(13)14/h3-4H,2H2,1H3,(H2,8,9)(H,10,14). The van der Waals surface area contributed by atoms with Crippen LogP contribution in [-0.4, -0.2) is 24.5 Å². The van der Waals surface area contributed by atoms with E-state index in [9.17, 15) is 0 Å². The average Bonchev–Trinajstić information content (AvgIpc) is 2.73. The number of nitrogens with one attached hydrogen (secondary N) is 1. The first-order chi connectivity index (χ1) is 6.72. The van der Waals surface area contributed by atoms with E-state index in [4.69, 9.17) is 18.0 Å². The van der Waals surface area contributed by atoms with Crippen LogP contribution in [0.2, 0.25) is 0 Å². The van der Waals surface area contributed by atoms with Crippen molar-refractivity contribution in [1.29, 1.82) is 0 Å². The molecule has 2 rings (SSSR count). The Kier molecular flexibility index (Phi) is 2.08. The van der Waals surface area contributed by atoms with Crippen molar-refractivity contribution < 1.29 is 0 Å². The summed E-state index contributed by atoms with van der Waals surface area (Å²) < 4.78 is 3.83. The third-order valence-corrected chi connectivity index (χ3v) is 2.15. The Morgan fingerprint density at radius 3 is 2.93 bits per heavy atom. The summed E-state index contributed by atoms with van der Waals surface area (Å²) in [6.07, 6.45) is 1.86. The summed E-state index contributed by atoms with van der Waals surface area (Å²) in [4.78, 5) is 0. The number of H-pyrrole nitrogens is 1. The van der Waals surface area contributed by atoms with E-state index in [1.165, 1.54) is 0 Å². The highest BCUT2D eigenvalue weighted by atomic mass is 32.1. The summed E-state index contributed by atoms with van der Waals surface area (Å²) in [5, 5.41) is 10.7. The molecule has 0 unspecified atom stereocenters. The molecule has 0 aliphatic rings. The highest BCUT2D eigenvalue weighted by Gasteiger charge is 2.06. The quantitative estimate of drug-likeness (QED) is 0.716. The van der Waals surface area contributed by atoms with Crippen molar-refractivity contribution in [1.82, 2.24) is 24.5 Å². The highest BCUT2D eigenvalue weighted by Crippen LogP contribution is 2.09. The zero-order valence-corrected chi connectivity index (χ0v) is 8.45. The molecule has 0 bridgehead atoms. The van der Waals surface area contributed by atoms with Crippen molar-refractivity contribution in [3.05, 3.63) is 17.0 Å². The first kappa shape index (κ1) is 8.95. The van der Waals surface area contributed by atoms with Gasteiger partial charge in [0.15, 0.2) is 5.82 Å². The maximum absolute atomic E-state index is 5.63. The summed E-state index contributed by atoms with van der Waals surface area (Å²) >= 11 is 5.02. The molecule has 0 saturated carbocycles. The predicted octanol–water partition coefficient (Wildman–Crippen LogP) is 0.728. The molecule has 0 fully saturated rings. The van der Waals surface area contributed by atoms with Crippen LogP contribution in [0.5, 0.6) is 0 Å². The van der Waals surface area contributed by atoms with Gasteiger partial charge in [-0.25, -0.2) is 9.67 Å². The smallest absolute Gasteiger partial charge is 0.226 e. The Morgan fingerprint density at radius 1 is 1.64 bits per heavy atom. The van der Waals surface area contributed by atoms with Crippen molar-refractivity contribution in [2.75, 3.05) is 5.73 Å². The van der Waals surface area contributed by atoms with E-state index in [0.717, 1.165) is 6.54 Å². The number of nitrogens with zero attached hydrogens (tertiary/aromatic N) is 4. The lowest BCUT2D eigenvalue weighted by Crippen LogP contribution is -2.03. The number of aromatic nitrogens is 5. The molecule has 0 saturated heterocycles. The molecule has 0 atom stereocenters. The maximum atomic E-state index is 5.63. The summed E-state index contributed by atoms with van der Waals surface area (Å²) in [5.41, 5.74) is 5.63. The molecule has 0 aliphatic carbocycles. The summed E-state index contributed by atoms with van der Waals surface area (Å²) in [7, 11) is 0. The van der Waals surface area contributed by atoms with Gasteiger partial charge in [0.1, 0.15) is 0 Å². The number of aromatic amines is 1. The fourth-order valence-corrected chi connectivity index (χ4v) is 1.41. The van der Waals surface area contributed by atoms with Crippen LogP contribution in [0.1, 0.15) is 6.92 Å². The molecule has 2 aromatic rings. The number of rotatable bonds is 2. The topological polar surface area (TPSA) is 77.5 Å². The van der Waals surface area contributed by atoms with E-state index in [0.29, 0.717) is 16.5 Å². The molecule has 2 aromatic heterocycles. The van der Waals surface area contributed by atoms with Crippen molar-refractivity contribution >= 4 is 18.2 Å². The Balaban J connectivity index is 2.54. The molecule has 0 aliphatic heterocycles. The lowest BCUT2D eigenvalue weighted by molar-refractivity contribution is 0.652. The molecule has 2 heterocycles. The van der Waals surface area contributed by atoms with Crippen LogP contribution >= 0.6 is 12.2 Å². The minimum Gasteiger partial charge on any atom is -0.368 e. The molecule has 0 amide bonds. The molecule has 0 radical (unpaired) electrons. The summed E-state index contributed by atoms with van der Waals surface area (Å²) in [6.45, 7) is 2.82. The Hall–Kier alpha value is -1.63. The van der Waals surface area contributed by atoms with Crippen LogP contribution in [0.4, 0.5) is 5.95 Å². The zero-order chi connectivity index (χ0) is 10.1. The SMILES string of the molecule is CCn1ccc(-n2c(N)n[nH]c2=S)n1. The average molecular weight is 210 g/mol. The summed E-state index contributed by atoms with van der Waals surface area (Å²) in [5.74, 6) is 0.999. The maximum Gasteiger partial charge on any atom is 0.226 e. The fraction of sp³-hybridized carbons (Fsp3) is 0.286. The van der Waals surface area contributed by atoms with Gasteiger partial charge >= 0.3 is 0 Å². The fourth-order valence-electron chi connectivity index (χ4n) is 1.18. The third-order valence-electron chi connectivity index (χ3n) is 1.88. The third kappa shape index (κ3) is 1.31. The van der Waals surface area contributed by atoms with E-state index in [-0.39, 0.29) is 0 Å². The van der Waals surface area contributed by atoms with Crippen molar-refractivity contribution in [2.45, 2.75) is 13.5 Å². The first-order valence-electron chi connectivity index (χ1n) is 4.19. The Morgan fingerprint density at radius 2 is 2.43 bits per heavy atom. The van der Waals surface area contributed by atoms with E-state index in [1.54, 1.807) is 9.25 Å². The second-order valence-electron chi connectivity index (χ2n) is 2.75. The van der Waals surface area contributed by atoms with Gasteiger partial charge in [-0.15, -0.1) is 5.10 Å². The van der Waals surface area contributed by atoms with E-state index >= 15 is 0 Å². The van der Waals surface area contributed by atoms with Crippen molar-refractivity contribution in [2.24, 2.45) is 0 Å². The van der Waals surface area contributed by atoms with Gasteiger partial charge < -0.3 is 5.73 Å². The molecular weight excluding hydrogens is 200 g/mol.